The molecule has 2 amide bonds. The van der Waals surface area contributed by atoms with Gasteiger partial charge in [-0.05, 0) is 42.4 Å². The lowest BCUT2D eigenvalue weighted by Gasteiger charge is -2.26. The molecule has 0 aromatic heterocycles. The highest BCUT2D eigenvalue weighted by molar-refractivity contribution is 5.89. The fraction of sp³-hybridized carbons (Fsp3) is 0.409. The summed E-state index contributed by atoms with van der Waals surface area (Å²) < 4.78 is 5.20. The first kappa shape index (κ1) is 17.9. The van der Waals surface area contributed by atoms with Crippen LogP contribution in [0.25, 0.3) is 0 Å². The molecule has 2 N–H and O–H groups in total. The Bertz CT molecular complexity index is 794. The standard InChI is InChI=1S/C22H26N2O3/c1-27-20-9-5-8-19(10-20)23-21(25)24-14-17-12-22(26,13-18(17)15-24)11-16-6-3-2-4-7-16/h2-10,17-18,26H,11-15H2,1H3,(H,23,25). The molecule has 5 heteroatoms. The van der Waals surface area contributed by atoms with Crippen LogP contribution in [0.15, 0.2) is 54.6 Å². The zero-order valence-electron chi connectivity index (χ0n) is 15.6. The summed E-state index contributed by atoms with van der Waals surface area (Å²) in [5, 5.41) is 14.0. The van der Waals surface area contributed by atoms with Crippen molar-refractivity contribution in [2.45, 2.75) is 24.9 Å². The van der Waals surface area contributed by atoms with Crippen molar-refractivity contribution < 1.29 is 14.6 Å². The predicted octanol–water partition coefficient (Wildman–Crippen LogP) is 3.54. The Morgan fingerprint density at radius 3 is 2.52 bits per heavy atom. The van der Waals surface area contributed by atoms with Gasteiger partial charge in [0.15, 0.2) is 0 Å². The first-order valence-electron chi connectivity index (χ1n) is 9.51. The van der Waals surface area contributed by atoms with Crippen LogP contribution in [0.2, 0.25) is 0 Å². The maximum Gasteiger partial charge on any atom is 0.321 e. The molecule has 1 aliphatic heterocycles. The highest BCUT2D eigenvalue weighted by Crippen LogP contribution is 2.45. The number of amides is 2. The van der Waals surface area contributed by atoms with Crippen LogP contribution in [-0.4, -0.2) is 41.8 Å². The Hall–Kier alpha value is -2.53. The van der Waals surface area contributed by atoms with Gasteiger partial charge in [-0.25, -0.2) is 4.79 Å². The third kappa shape index (κ3) is 3.93. The second kappa shape index (κ2) is 7.24. The molecule has 0 spiro atoms. The number of ether oxygens (including phenoxy) is 1. The summed E-state index contributed by atoms with van der Waals surface area (Å²) in [5.74, 6) is 1.46. The average molecular weight is 366 g/mol. The largest absolute Gasteiger partial charge is 0.497 e. The number of aliphatic hydroxyl groups is 1. The van der Waals surface area contributed by atoms with Gasteiger partial charge < -0.3 is 20.1 Å². The Balaban J connectivity index is 1.34. The molecule has 142 valence electrons. The van der Waals surface area contributed by atoms with E-state index in [1.54, 1.807) is 7.11 Å². The lowest BCUT2D eigenvalue weighted by atomic mass is 9.91. The molecule has 2 aliphatic rings. The molecule has 2 unspecified atom stereocenters. The van der Waals surface area contributed by atoms with E-state index in [2.05, 4.69) is 17.4 Å². The van der Waals surface area contributed by atoms with E-state index >= 15 is 0 Å². The molecular formula is C22H26N2O3. The van der Waals surface area contributed by atoms with Gasteiger partial charge in [0.1, 0.15) is 5.75 Å². The number of rotatable bonds is 4. The van der Waals surface area contributed by atoms with E-state index in [1.807, 2.05) is 47.4 Å². The molecule has 0 bridgehead atoms. The molecule has 0 radical (unpaired) electrons. The molecule has 2 aromatic rings. The summed E-state index contributed by atoms with van der Waals surface area (Å²) in [6.45, 7) is 1.41. The van der Waals surface area contributed by atoms with Gasteiger partial charge in [0, 0.05) is 31.3 Å². The first-order valence-corrected chi connectivity index (χ1v) is 9.51. The zero-order chi connectivity index (χ0) is 18.9. The minimum Gasteiger partial charge on any atom is -0.497 e. The van der Waals surface area contributed by atoms with Gasteiger partial charge in [-0.2, -0.15) is 0 Å². The normalized spacial score (nSPS) is 26.7. The number of fused-ring (bicyclic) bond motifs is 1. The van der Waals surface area contributed by atoms with E-state index in [0.717, 1.165) is 24.3 Å². The second-order valence-corrected chi connectivity index (χ2v) is 7.88. The summed E-state index contributed by atoms with van der Waals surface area (Å²) in [4.78, 5) is 14.5. The van der Waals surface area contributed by atoms with Crippen LogP contribution in [-0.2, 0) is 6.42 Å². The first-order chi connectivity index (χ1) is 13.0. The quantitative estimate of drug-likeness (QED) is 0.870. The summed E-state index contributed by atoms with van der Waals surface area (Å²) in [6, 6.07) is 17.5. The van der Waals surface area contributed by atoms with Crippen molar-refractivity contribution in [1.82, 2.24) is 4.90 Å². The minimum absolute atomic E-state index is 0.0794. The number of likely N-dealkylation sites (tertiary alicyclic amines) is 1. The third-order valence-corrected chi connectivity index (χ3v) is 5.84. The monoisotopic (exact) mass is 366 g/mol. The number of hydrogen-bond acceptors (Lipinski definition) is 3. The number of carbonyl (C=O) groups excluding carboxylic acids is 1. The number of methoxy groups -OCH3 is 1. The molecule has 27 heavy (non-hydrogen) atoms. The lowest BCUT2D eigenvalue weighted by Crippen LogP contribution is -2.36. The van der Waals surface area contributed by atoms with E-state index < -0.39 is 5.60 Å². The summed E-state index contributed by atoms with van der Waals surface area (Å²) >= 11 is 0. The van der Waals surface area contributed by atoms with E-state index in [4.69, 9.17) is 4.74 Å². The van der Waals surface area contributed by atoms with Gasteiger partial charge in [0.2, 0.25) is 0 Å². The van der Waals surface area contributed by atoms with Crippen LogP contribution < -0.4 is 10.1 Å². The van der Waals surface area contributed by atoms with Gasteiger partial charge in [0.05, 0.1) is 12.7 Å². The smallest absolute Gasteiger partial charge is 0.321 e. The summed E-state index contributed by atoms with van der Waals surface area (Å²) in [7, 11) is 1.61. The fourth-order valence-corrected chi connectivity index (χ4v) is 4.65. The molecule has 2 aromatic carbocycles. The molecule has 1 aliphatic carbocycles. The van der Waals surface area contributed by atoms with Crippen LogP contribution in [0.4, 0.5) is 10.5 Å². The molecule has 2 fully saturated rings. The van der Waals surface area contributed by atoms with Gasteiger partial charge >= 0.3 is 6.03 Å². The summed E-state index contributed by atoms with van der Waals surface area (Å²) in [6.07, 6.45) is 2.21. The molecule has 1 saturated heterocycles. The molecule has 5 nitrogen and oxygen atoms in total. The number of anilines is 1. The van der Waals surface area contributed by atoms with Crippen molar-refractivity contribution in [3.63, 3.8) is 0 Å². The lowest BCUT2D eigenvalue weighted by molar-refractivity contribution is 0.0368. The Kier molecular flexibility index (Phi) is 4.79. The van der Waals surface area contributed by atoms with Crippen LogP contribution in [0.3, 0.4) is 0 Å². The maximum absolute atomic E-state index is 12.6. The highest BCUT2D eigenvalue weighted by atomic mass is 16.5. The van der Waals surface area contributed by atoms with Crippen molar-refractivity contribution in [2.24, 2.45) is 11.8 Å². The average Bonchev–Trinajstić information content (AvgIpc) is 3.17. The maximum atomic E-state index is 12.6. The topological polar surface area (TPSA) is 61.8 Å². The predicted molar refractivity (Wildman–Crippen MR) is 105 cm³/mol. The molecule has 4 rings (SSSR count). The van der Waals surface area contributed by atoms with Crippen LogP contribution >= 0.6 is 0 Å². The fourth-order valence-electron chi connectivity index (χ4n) is 4.65. The molecule has 2 atom stereocenters. The second-order valence-electron chi connectivity index (χ2n) is 7.88. The van der Waals surface area contributed by atoms with Crippen LogP contribution in [0.5, 0.6) is 5.75 Å². The number of nitrogens with one attached hydrogen (secondary N) is 1. The van der Waals surface area contributed by atoms with Gasteiger partial charge in [-0.1, -0.05) is 36.4 Å². The van der Waals surface area contributed by atoms with Crippen molar-refractivity contribution in [3.05, 3.63) is 60.2 Å². The number of carbonyl (C=O) groups is 1. The van der Waals surface area contributed by atoms with E-state index in [0.29, 0.717) is 31.3 Å². The van der Waals surface area contributed by atoms with Crippen molar-refractivity contribution in [2.75, 3.05) is 25.5 Å². The minimum atomic E-state index is -0.647. The zero-order valence-corrected chi connectivity index (χ0v) is 15.6. The Morgan fingerprint density at radius 1 is 1.15 bits per heavy atom. The molecule has 1 heterocycles. The van der Waals surface area contributed by atoms with Crippen molar-refractivity contribution in [3.8, 4) is 5.75 Å². The van der Waals surface area contributed by atoms with Crippen molar-refractivity contribution >= 4 is 11.7 Å². The van der Waals surface area contributed by atoms with Gasteiger partial charge in [-0.3, -0.25) is 0 Å². The van der Waals surface area contributed by atoms with Gasteiger partial charge in [-0.15, -0.1) is 0 Å². The Morgan fingerprint density at radius 2 is 1.85 bits per heavy atom. The number of nitrogens with zero attached hydrogens (tertiary/aromatic N) is 1. The number of urea groups is 1. The van der Waals surface area contributed by atoms with Crippen LogP contribution in [0.1, 0.15) is 18.4 Å². The Labute approximate surface area is 160 Å². The van der Waals surface area contributed by atoms with Crippen LogP contribution in [0, 0.1) is 11.8 Å². The third-order valence-electron chi connectivity index (χ3n) is 5.84. The molecular weight excluding hydrogens is 340 g/mol. The number of benzene rings is 2. The van der Waals surface area contributed by atoms with Gasteiger partial charge in [0.25, 0.3) is 0 Å². The SMILES string of the molecule is COc1cccc(NC(=O)N2CC3CC(O)(Cc4ccccc4)CC3C2)c1. The number of hydrogen-bond donors (Lipinski definition) is 2. The summed E-state index contributed by atoms with van der Waals surface area (Å²) in [5.41, 5.74) is 1.26. The van der Waals surface area contributed by atoms with E-state index in [1.165, 1.54) is 5.56 Å². The highest BCUT2D eigenvalue weighted by Gasteiger charge is 2.49. The van der Waals surface area contributed by atoms with E-state index in [-0.39, 0.29) is 6.03 Å². The molecule has 1 saturated carbocycles. The van der Waals surface area contributed by atoms with Crippen molar-refractivity contribution in [1.29, 1.82) is 0 Å². The van der Waals surface area contributed by atoms with E-state index in [9.17, 15) is 9.90 Å².